The zero-order chi connectivity index (χ0) is 9.52. The van der Waals surface area contributed by atoms with E-state index in [9.17, 15) is 4.79 Å². The third-order valence-electron chi connectivity index (χ3n) is 1.44. The highest BCUT2D eigenvalue weighted by Gasteiger charge is 1.91. The van der Waals surface area contributed by atoms with Crippen molar-refractivity contribution in [3.63, 3.8) is 0 Å². The maximum absolute atomic E-state index is 9.79. The van der Waals surface area contributed by atoms with Crippen molar-refractivity contribution in [2.24, 2.45) is 0 Å². The van der Waals surface area contributed by atoms with Gasteiger partial charge in [-0.05, 0) is 24.3 Å². The Hall–Kier alpha value is -2.02. The van der Waals surface area contributed by atoms with Gasteiger partial charge in [0, 0.05) is 5.69 Å². The van der Waals surface area contributed by atoms with E-state index in [0.29, 0.717) is 12.0 Å². The summed E-state index contributed by atoms with van der Waals surface area (Å²) in [6.45, 7) is 0.506. The highest BCUT2D eigenvalue weighted by atomic mass is 16.5. The highest BCUT2D eigenvalue weighted by molar-refractivity contribution is 5.47. The van der Waals surface area contributed by atoms with E-state index < -0.39 is 0 Å². The molecule has 1 rings (SSSR count). The topological polar surface area (TPSA) is 62.1 Å². The zero-order valence-electron chi connectivity index (χ0n) is 6.86. The second kappa shape index (κ2) is 4.78. The van der Waals surface area contributed by atoms with Crippen molar-refractivity contribution < 1.29 is 9.53 Å². The van der Waals surface area contributed by atoms with Gasteiger partial charge in [0.25, 0.3) is 6.47 Å². The fourth-order valence-corrected chi connectivity index (χ4v) is 0.822. The lowest BCUT2D eigenvalue weighted by molar-refractivity contribution is -0.127. The van der Waals surface area contributed by atoms with Crippen LogP contribution < -0.4 is 5.32 Å². The van der Waals surface area contributed by atoms with Crippen molar-refractivity contribution in [1.29, 1.82) is 5.26 Å². The lowest BCUT2D eigenvalue weighted by Crippen LogP contribution is -2.04. The van der Waals surface area contributed by atoms with Crippen molar-refractivity contribution in [3.05, 3.63) is 29.8 Å². The molecular weight excluding hydrogens is 168 g/mol. The largest absolute Gasteiger partial charge is 0.447 e. The molecule has 66 valence electrons. The van der Waals surface area contributed by atoms with E-state index in [1.807, 2.05) is 6.07 Å². The minimum atomic E-state index is 0.134. The fourth-order valence-electron chi connectivity index (χ4n) is 0.822. The number of carbonyl (C=O) groups is 1. The van der Waals surface area contributed by atoms with Crippen LogP contribution in [0.3, 0.4) is 0 Å². The van der Waals surface area contributed by atoms with Gasteiger partial charge in [0.15, 0.2) is 6.73 Å². The summed E-state index contributed by atoms with van der Waals surface area (Å²) in [7, 11) is 0. The Morgan fingerprint density at radius 2 is 2.15 bits per heavy atom. The van der Waals surface area contributed by atoms with Crippen LogP contribution in [0.1, 0.15) is 5.56 Å². The first kappa shape index (κ1) is 9.07. The van der Waals surface area contributed by atoms with Crippen LogP contribution in [0.5, 0.6) is 0 Å². The Balaban J connectivity index is 2.50. The number of hydrogen-bond donors (Lipinski definition) is 1. The molecule has 0 aliphatic rings. The number of ether oxygens (including phenoxy) is 1. The molecule has 0 bridgehead atoms. The molecule has 1 aromatic rings. The Bertz CT molecular complexity index is 313. The Morgan fingerprint density at radius 1 is 1.46 bits per heavy atom. The highest BCUT2D eigenvalue weighted by Crippen LogP contribution is 2.07. The van der Waals surface area contributed by atoms with E-state index in [1.54, 1.807) is 24.3 Å². The molecule has 0 spiro atoms. The number of nitrogens with zero attached hydrogens (tertiary/aromatic N) is 1. The van der Waals surface area contributed by atoms with Crippen molar-refractivity contribution in [3.8, 4) is 6.07 Å². The molecule has 0 aliphatic heterocycles. The number of benzene rings is 1. The molecule has 1 aromatic carbocycles. The summed E-state index contributed by atoms with van der Waals surface area (Å²) in [5.41, 5.74) is 1.41. The first-order valence-electron chi connectivity index (χ1n) is 3.66. The molecule has 0 heterocycles. The summed E-state index contributed by atoms with van der Waals surface area (Å²) >= 11 is 0. The summed E-state index contributed by atoms with van der Waals surface area (Å²) < 4.78 is 4.44. The van der Waals surface area contributed by atoms with E-state index in [4.69, 9.17) is 5.26 Å². The summed E-state index contributed by atoms with van der Waals surface area (Å²) in [5, 5.41) is 11.3. The van der Waals surface area contributed by atoms with E-state index in [-0.39, 0.29) is 6.73 Å². The average Bonchev–Trinajstić information content (AvgIpc) is 2.19. The molecule has 4 nitrogen and oxygen atoms in total. The van der Waals surface area contributed by atoms with Gasteiger partial charge in [-0.2, -0.15) is 5.26 Å². The van der Waals surface area contributed by atoms with Crippen molar-refractivity contribution >= 4 is 12.2 Å². The van der Waals surface area contributed by atoms with Crippen LogP contribution in [-0.2, 0) is 9.53 Å². The van der Waals surface area contributed by atoms with E-state index >= 15 is 0 Å². The summed E-state index contributed by atoms with van der Waals surface area (Å²) in [6, 6.07) is 8.86. The van der Waals surface area contributed by atoms with Gasteiger partial charge in [-0.1, -0.05) is 0 Å². The predicted octanol–water partition coefficient (Wildman–Crippen LogP) is 1.10. The molecule has 4 heteroatoms. The lowest BCUT2D eigenvalue weighted by atomic mass is 10.2. The molecule has 1 N–H and O–H groups in total. The van der Waals surface area contributed by atoms with Crippen LogP contribution in [0.15, 0.2) is 24.3 Å². The minimum absolute atomic E-state index is 0.134. The number of rotatable bonds is 4. The molecule has 0 atom stereocenters. The van der Waals surface area contributed by atoms with Crippen LogP contribution in [0, 0.1) is 11.3 Å². The third-order valence-corrected chi connectivity index (χ3v) is 1.44. The van der Waals surface area contributed by atoms with Gasteiger partial charge >= 0.3 is 0 Å². The maximum Gasteiger partial charge on any atom is 0.294 e. The molecule has 0 radical (unpaired) electrons. The van der Waals surface area contributed by atoms with Gasteiger partial charge in [-0.25, -0.2) is 0 Å². The molecule has 0 saturated carbocycles. The maximum atomic E-state index is 9.79. The second-order valence-electron chi connectivity index (χ2n) is 2.27. The van der Waals surface area contributed by atoms with Crippen LogP contribution in [-0.4, -0.2) is 13.2 Å². The number of hydrogen-bond acceptors (Lipinski definition) is 4. The number of nitrogens with one attached hydrogen (secondary N) is 1. The van der Waals surface area contributed by atoms with Crippen molar-refractivity contribution in [1.82, 2.24) is 0 Å². The van der Waals surface area contributed by atoms with E-state index in [0.717, 1.165) is 5.69 Å². The molecule has 13 heavy (non-hydrogen) atoms. The quantitative estimate of drug-likeness (QED) is 0.424. The van der Waals surface area contributed by atoms with E-state index in [2.05, 4.69) is 10.1 Å². The summed E-state index contributed by atoms with van der Waals surface area (Å²) in [4.78, 5) is 9.79. The van der Waals surface area contributed by atoms with Gasteiger partial charge in [0.1, 0.15) is 0 Å². The van der Waals surface area contributed by atoms with Crippen molar-refractivity contribution in [2.75, 3.05) is 12.0 Å². The standard InChI is InChI=1S/C9H8N2O2/c10-5-8-1-3-9(4-2-8)11-6-13-7-12/h1-4,7,11H,6H2. The second-order valence-corrected chi connectivity index (χ2v) is 2.27. The average molecular weight is 176 g/mol. The number of anilines is 1. The molecule has 0 aliphatic carbocycles. The first-order valence-corrected chi connectivity index (χ1v) is 3.66. The molecular formula is C9H8N2O2. The zero-order valence-corrected chi connectivity index (χ0v) is 6.86. The molecule has 0 saturated heterocycles. The molecule has 0 unspecified atom stereocenters. The minimum Gasteiger partial charge on any atom is -0.447 e. The van der Waals surface area contributed by atoms with Gasteiger partial charge in [-0.15, -0.1) is 0 Å². The van der Waals surface area contributed by atoms with Gasteiger partial charge in [0.05, 0.1) is 11.6 Å². The van der Waals surface area contributed by atoms with Crippen LogP contribution in [0.25, 0.3) is 0 Å². The SMILES string of the molecule is N#Cc1ccc(NCOC=O)cc1. The van der Waals surface area contributed by atoms with Gasteiger partial charge in [0.2, 0.25) is 0 Å². The van der Waals surface area contributed by atoms with Crippen LogP contribution in [0.4, 0.5) is 5.69 Å². The summed E-state index contributed by atoms with van der Waals surface area (Å²) in [6.07, 6.45) is 0. The Kier molecular flexibility index (Phi) is 3.33. The van der Waals surface area contributed by atoms with E-state index in [1.165, 1.54) is 0 Å². The van der Waals surface area contributed by atoms with Crippen molar-refractivity contribution in [2.45, 2.75) is 0 Å². The lowest BCUT2D eigenvalue weighted by Gasteiger charge is -2.03. The number of carbonyl (C=O) groups excluding carboxylic acids is 1. The molecule has 0 aromatic heterocycles. The molecule has 0 fully saturated rings. The monoisotopic (exact) mass is 176 g/mol. The van der Waals surface area contributed by atoms with Crippen LogP contribution >= 0.6 is 0 Å². The van der Waals surface area contributed by atoms with Gasteiger partial charge in [-0.3, -0.25) is 4.79 Å². The first-order chi connectivity index (χ1) is 6.36. The normalized spacial score (nSPS) is 8.54. The Morgan fingerprint density at radius 3 is 2.69 bits per heavy atom. The predicted molar refractivity (Wildman–Crippen MR) is 46.8 cm³/mol. The van der Waals surface area contributed by atoms with Gasteiger partial charge < -0.3 is 10.1 Å². The fraction of sp³-hybridized carbons (Fsp3) is 0.111. The molecule has 0 amide bonds. The third kappa shape index (κ3) is 2.83. The Labute approximate surface area is 75.7 Å². The summed E-state index contributed by atoms with van der Waals surface area (Å²) in [5.74, 6) is 0. The smallest absolute Gasteiger partial charge is 0.294 e. The number of nitriles is 1. The van der Waals surface area contributed by atoms with Crippen LogP contribution in [0.2, 0.25) is 0 Å².